The van der Waals surface area contributed by atoms with Crippen LogP contribution in [0, 0.1) is 0 Å². The van der Waals surface area contributed by atoms with Crippen LogP contribution in [0.25, 0.3) is 0 Å². The summed E-state index contributed by atoms with van der Waals surface area (Å²) >= 11 is 3.32. The van der Waals surface area contributed by atoms with E-state index in [0.717, 1.165) is 8.78 Å². The maximum Gasteiger partial charge on any atom is 0.268 e. The zero-order chi connectivity index (χ0) is 14.3. The first-order valence-corrected chi connectivity index (χ1v) is 8.14. The zero-order valence-corrected chi connectivity index (χ0v) is 12.7. The lowest BCUT2D eigenvalue weighted by atomic mass is 10.1. The van der Waals surface area contributed by atoms with E-state index in [-0.39, 0.29) is 11.4 Å². The van der Waals surface area contributed by atoms with Crippen LogP contribution in [0.4, 0.5) is 0 Å². The number of carbonyl (C=O) groups excluding carboxylic acids is 1. The summed E-state index contributed by atoms with van der Waals surface area (Å²) in [4.78, 5) is 12.4. The topological polar surface area (TPSA) is 54.5 Å². The minimum atomic E-state index is -3.80. The highest BCUT2D eigenvalue weighted by atomic mass is 79.9. The first kappa shape index (κ1) is 13.3. The van der Waals surface area contributed by atoms with Gasteiger partial charge in [-0.05, 0) is 35.9 Å². The highest BCUT2D eigenvalue weighted by Crippen LogP contribution is 2.30. The monoisotopic (exact) mass is 351 g/mol. The Morgan fingerprint density at radius 2 is 1.75 bits per heavy atom. The molecule has 0 aliphatic carbocycles. The zero-order valence-electron chi connectivity index (χ0n) is 10.3. The second kappa shape index (κ2) is 4.71. The summed E-state index contributed by atoms with van der Waals surface area (Å²) in [6, 6.07) is 13.1. The van der Waals surface area contributed by atoms with Crippen LogP contribution in [0.15, 0.2) is 57.9 Å². The van der Waals surface area contributed by atoms with E-state index in [1.807, 2.05) is 0 Å². The van der Waals surface area contributed by atoms with E-state index in [1.165, 1.54) is 12.1 Å². The lowest BCUT2D eigenvalue weighted by Gasteiger charge is -2.15. The summed E-state index contributed by atoms with van der Waals surface area (Å²) in [7, 11) is -3.80. The first-order chi connectivity index (χ1) is 9.50. The Morgan fingerprint density at radius 1 is 1.05 bits per heavy atom. The van der Waals surface area contributed by atoms with Gasteiger partial charge in [-0.15, -0.1) is 0 Å². The van der Waals surface area contributed by atoms with Gasteiger partial charge in [0.15, 0.2) is 0 Å². The number of carbonyl (C=O) groups is 1. The van der Waals surface area contributed by atoms with Gasteiger partial charge < -0.3 is 0 Å². The van der Waals surface area contributed by atoms with E-state index in [2.05, 4.69) is 15.9 Å². The molecule has 20 heavy (non-hydrogen) atoms. The van der Waals surface area contributed by atoms with Gasteiger partial charge in [-0.3, -0.25) is 4.79 Å². The van der Waals surface area contributed by atoms with Gasteiger partial charge in [0, 0.05) is 10.0 Å². The van der Waals surface area contributed by atoms with Crippen molar-refractivity contribution in [3.05, 3.63) is 64.1 Å². The lowest BCUT2D eigenvalue weighted by molar-refractivity contribution is 0.0879. The quantitative estimate of drug-likeness (QED) is 0.835. The van der Waals surface area contributed by atoms with Crippen LogP contribution in [-0.4, -0.2) is 18.6 Å². The number of benzene rings is 2. The smallest absolute Gasteiger partial charge is 0.268 e. The van der Waals surface area contributed by atoms with Crippen LogP contribution in [0.3, 0.4) is 0 Å². The van der Waals surface area contributed by atoms with E-state index >= 15 is 0 Å². The Balaban J connectivity index is 2.05. The van der Waals surface area contributed by atoms with Crippen LogP contribution < -0.4 is 0 Å². The Bertz CT molecular complexity index is 787. The van der Waals surface area contributed by atoms with E-state index in [9.17, 15) is 13.2 Å². The standard InChI is InChI=1S/C14H10BrNO3S/c15-11-6-7-13-10(8-11)9-16(14(13)17)20(18,19)12-4-2-1-3-5-12/h1-8H,9H2. The molecule has 6 heteroatoms. The van der Waals surface area contributed by atoms with Crippen LogP contribution in [0.2, 0.25) is 0 Å². The Labute approximate surface area is 125 Å². The second-order valence-corrected chi connectivity index (χ2v) is 7.21. The molecule has 0 atom stereocenters. The molecule has 1 aliphatic heterocycles. The van der Waals surface area contributed by atoms with Crippen molar-refractivity contribution in [2.24, 2.45) is 0 Å². The van der Waals surface area contributed by atoms with Crippen molar-refractivity contribution in [1.82, 2.24) is 4.31 Å². The van der Waals surface area contributed by atoms with Crippen LogP contribution in [0.5, 0.6) is 0 Å². The maximum atomic E-state index is 12.5. The summed E-state index contributed by atoms with van der Waals surface area (Å²) < 4.78 is 26.7. The van der Waals surface area contributed by atoms with Crippen molar-refractivity contribution in [3.8, 4) is 0 Å². The van der Waals surface area contributed by atoms with E-state index < -0.39 is 15.9 Å². The number of halogens is 1. The predicted molar refractivity (Wildman–Crippen MR) is 77.6 cm³/mol. The van der Waals surface area contributed by atoms with Crippen molar-refractivity contribution in [2.45, 2.75) is 11.4 Å². The fourth-order valence-electron chi connectivity index (χ4n) is 2.18. The van der Waals surface area contributed by atoms with E-state index in [1.54, 1.807) is 36.4 Å². The molecule has 0 unspecified atom stereocenters. The fourth-order valence-corrected chi connectivity index (χ4v) is 3.97. The van der Waals surface area contributed by atoms with Gasteiger partial charge in [0.2, 0.25) is 0 Å². The molecule has 0 fully saturated rings. The molecule has 2 aromatic carbocycles. The summed E-state index contributed by atoms with van der Waals surface area (Å²) in [6.07, 6.45) is 0. The highest BCUT2D eigenvalue weighted by Gasteiger charge is 2.36. The lowest BCUT2D eigenvalue weighted by Crippen LogP contribution is -2.31. The van der Waals surface area contributed by atoms with Gasteiger partial charge in [0.25, 0.3) is 15.9 Å². The average Bonchev–Trinajstić information content (AvgIpc) is 2.77. The van der Waals surface area contributed by atoms with Crippen LogP contribution in [-0.2, 0) is 16.6 Å². The molecular formula is C14H10BrNO3S. The molecule has 0 saturated heterocycles. The van der Waals surface area contributed by atoms with Gasteiger partial charge in [-0.1, -0.05) is 34.1 Å². The minimum Gasteiger partial charge on any atom is -0.268 e. The molecule has 0 spiro atoms. The molecular weight excluding hydrogens is 342 g/mol. The number of hydrogen-bond donors (Lipinski definition) is 0. The number of amides is 1. The third kappa shape index (κ3) is 2.05. The van der Waals surface area contributed by atoms with Crippen molar-refractivity contribution >= 4 is 31.9 Å². The van der Waals surface area contributed by atoms with Gasteiger partial charge >= 0.3 is 0 Å². The average molecular weight is 352 g/mol. The summed E-state index contributed by atoms with van der Waals surface area (Å²) in [5, 5.41) is 0. The molecule has 1 heterocycles. The van der Waals surface area contributed by atoms with Crippen LogP contribution in [0.1, 0.15) is 15.9 Å². The van der Waals surface area contributed by atoms with Crippen molar-refractivity contribution in [3.63, 3.8) is 0 Å². The molecule has 0 N–H and O–H groups in total. The molecule has 1 aliphatic rings. The molecule has 3 rings (SSSR count). The largest absolute Gasteiger partial charge is 0.268 e. The van der Waals surface area contributed by atoms with Crippen molar-refractivity contribution in [2.75, 3.05) is 0 Å². The third-order valence-corrected chi connectivity index (χ3v) is 5.41. The molecule has 4 nitrogen and oxygen atoms in total. The normalized spacial score (nSPS) is 14.4. The molecule has 1 amide bonds. The summed E-state index contributed by atoms with van der Waals surface area (Å²) in [5.74, 6) is -0.476. The van der Waals surface area contributed by atoms with Crippen molar-refractivity contribution < 1.29 is 13.2 Å². The van der Waals surface area contributed by atoms with Gasteiger partial charge in [0.05, 0.1) is 11.4 Å². The number of sulfonamides is 1. The number of rotatable bonds is 2. The Hall–Kier alpha value is -1.66. The Morgan fingerprint density at radius 3 is 2.45 bits per heavy atom. The molecule has 2 aromatic rings. The van der Waals surface area contributed by atoms with Crippen LogP contribution >= 0.6 is 15.9 Å². The molecule has 0 bridgehead atoms. The summed E-state index contributed by atoms with van der Waals surface area (Å²) in [5.41, 5.74) is 1.15. The second-order valence-electron chi connectivity index (χ2n) is 4.43. The minimum absolute atomic E-state index is 0.0742. The Kier molecular flexibility index (Phi) is 3.14. The molecule has 0 radical (unpaired) electrons. The van der Waals surface area contributed by atoms with Gasteiger partial charge in [-0.2, -0.15) is 0 Å². The maximum absolute atomic E-state index is 12.5. The van der Waals surface area contributed by atoms with E-state index in [0.29, 0.717) is 11.1 Å². The van der Waals surface area contributed by atoms with Crippen molar-refractivity contribution in [1.29, 1.82) is 0 Å². The molecule has 0 aromatic heterocycles. The number of fused-ring (bicyclic) bond motifs is 1. The SMILES string of the molecule is O=C1c2ccc(Br)cc2CN1S(=O)(=O)c1ccccc1. The molecule has 0 saturated carbocycles. The predicted octanol–water partition coefficient (Wildman–Crippen LogP) is 2.79. The van der Waals surface area contributed by atoms with Gasteiger partial charge in [0.1, 0.15) is 0 Å². The number of hydrogen-bond acceptors (Lipinski definition) is 3. The van der Waals surface area contributed by atoms with Gasteiger partial charge in [-0.25, -0.2) is 12.7 Å². The summed E-state index contributed by atoms with van der Waals surface area (Å²) in [6.45, 7) is 0.0742. The highest BCUT2D eigenvalue weighted by molar-refractivity contribution is 9.10. The number of nitrogens with zero attached hydrogens (tertiary/aromatic N) is 1. The fraction of sp³-hybridized carbons (Fsp3) is 0.0714. The van der Waals surface area contributed by atoms with E-state index in [4.69, 9.17) is 0 Å². The molecule has 102 valence electrons. The first-order valence-electron chi connectivity index (χ1n) is 5.91. The third-order valence-electron chi connectivity index (χ3n) is 3.17.